The lowest BCUT2D eigenvalue weighted by Crippen LogP contribution is -2.21. The van der Waals surface area contributed by atoms with Crippen molar-refractivity contribution in [2.45, 2.75) is 34.1 Å². The maximum atomic E-state index is 12.4. The predicted octanol–water partition coefficient (Wildman–Crippen LogP) is 4.08. The second-order valence-electron chi connectivity index (χ2n) is 5.97. The van der Waals surface area contributed by atoms with Crippen molar-refractivity contribution in [1.82, 2.24) is 0 Å². The van der Waals surface area contributed by atoms with E-state index in [4.69, 9.17) is 19.5 Å². The molecule has 1 amide bonds. The van der Waals surface area contributed by atoms with Crippen LogP contribution in [0, 0.1) is 18.3 Å². The highest BCUT2D eigenvalue weighted by Crippen LogP contribution is 2.34. The number of nitriles is 1. The molecule has 0 bridgehead atoms. The number of carbonyl (C=O) groups excluding carboxylic acids is 2. The van der Waals surface area contributed by atoms with E-state index in [0.717, 1.165) is 16.9 Å². The molecule has 154 valence electrons. The first-order valence-electron chi connectivity index (χ1n) is 9.33. The Labute approximate surface area is 174 Å². The summed E-state index contributed by atoms with van der Waals surface area (Å²) in [5.41, 5.74) is 1.64. The Morgan fingerprint density at radius 3 is 2.52 bits per heavy atom. The van der Waals surface area contributed by atoms with Crippen LogP contribution >= 0.6 is 11.3 Å². The van der Waals surface area contributed by atoms with Gasteiger partial charge >= 0.3 is 5.97 Å². The van der Waals surface area contributed by atoms with Crippen molar-refractivity contribution in [3.8, 4) is 17.6 Å². The first-order chi connectivity index (χ1) is 13.9. The number of ether oxygens (including phenoxy) is 3. The standard InChI is InChI=1S/C21H24N2O5S/c1-5-17-13(4)19(21(25)27-7-3)20(29-17)23-18(24)12-28-15-9-8-14(11-22)10-16(15)26-6-2/h8-10H,5-7,12H2,1-4H3,(H,23,24). The van der Waals surface area contributed by atoms with Crippen LogP contribution in [0.3, 0.4) is 0 Å². The summed E-state index contributed by atoms with van der Waals surface area (Å²) in [5, 5.41) is 12.2. The molecule has 0 saturated heterocycles. The van der Waals surface area contributed by atoms with Crippen molar-refractivity contribution in [2.24, 2.45) is 0 Å². The van der Waals surface area contributed by atoms with Gasteiger partial charge in [-0.2, -0.15) is 5.26 Å². The van der Waals surface area contributed by atoms with Gasteiger partial charge in [0.15, 0.2) is 18.1 Å². The Kier molecular flexibility index (Phi) is 8.04. The number of hydrogen-bond acceptors (Lipinski definition) is 7. The average Bonchev–Trinajstić information content (AvgIpc) is 3.02. The SMILES string of the molecule is CCOC(=O)c1c(NC(=O)COc2ccc(C#N)cc2OCC)sc(CC)c1C. The van der Waals surface area contributed by atoms with E-state index in [0.29, 0.717) is 34.2 Å². The molecule has 0 spiro atoms. The van der Waals surface area contributed by atoms with E-state index in [1.807, 2.05) is 26.8 Å². The quantitative estimate of drug-likeness (QED) is 0.619. The van der Waals surface area contributed by atoms with Crippen LogP contribution in [-0.4, -0.2) is 31.7 Å². The Hall–Kier alpha value is -3.05. The topological polar surface area (TPSA) is 97.6 Å². The number of rotatable bonds is 9. The van der Waals surface area contributed by atoms with Gasteiger partial charge in [-0.15, -0.1) is 11.3 Å². The molecule has 0 fully saturated rings. The van der Waals surface area contributed by atoms with Crippen molar-refractivity contribution < 1.29 is 23.8 Å². The van der Waals surface area contributed by atoms with E-state index in [9.17, 15) is 9.59 Å². The Morgan fingerprint density at radius 1 is 1.14 bits per heavy atom. The van der Waals surface area contributed by atoms with Gasteiger partial charge in [0.25, 0.3) is 5.91 Å². The molecule has 0 aliphatic heterocycles. The van der Waals surface area contributed by atoms with Crippen LogP contribution in [-0.2, 0) is 16.0 Å². The van der Waals surface area contributed by atoms with E-state index < -0.39 is 11.9 Å². The van der Waals surface area contributed by atoms with Crippen molar-refractivity contribution in [3.63, 3.8) is 0 Å². The molecule has 0 radical (unpaired) electrons. The molecular formula is C21H24N2O5S. The summed E-state index contributed by atoms with van der Waals surface area (Å²) in [6.07, 6.45) is 0.748. The number of amides is 1. The lowest BCUT2D eigenvalue weighted by molar-refractivity contribution is -0.118. The third-order valence-corrected chi connectivity index (χ3v) is 5.38. The molecule has 7 nitrogen and oxygen atoms in total. The van der Waals surface area contributed by atoms with Crippen LogP contribution in [0.5, 0.6) is 11.5 Å². The summed E-state index contributed by atoms with van der Waals surface area (Å²) in [6, 6.07) is 6.77. The van der Waals surface area contributed by atoms with Crippen LogP contribution < -0.4 is 14.8 Å². The van der Waals surface area contributed by atoms with Gasteiger partial charge in [-0.3, -0.25) is 4.79 Å². The molecule has 0 atom stereocenters. The third kappa shape index (κ3) is 5.48. The van der Waals surface area contributed by atoms with E-state index in [1.54, 1.807) is 25.1 Å². The number of aryl methyl sites for hydroxylation is 1. The van der Waals surface area contributed by atoms with Crippen LogP contribution in [0.2, 0.25) is 0 Å². The number of benzene rings is 1. The number of hydrogen-bond donors (Lipinski definition) is 1. The molecule has 1 aromatic heterocycles. The smallest absolute Gasteiger partial charge is 0.341 e. The first-order valence-corrected chi connectivity index (χ1v) is 10.2. The number of thiophene rings is 1. The summed E-state index contributed by atoms with van der Waals surface area (Å²) in [7, 11) is 0. The van der Waals surface area contributed by atoms with E-state index in [1.165, 1.54) is 11.3 Å². The van der Waals surface area contributed by atoms with Crippen LogP contribution in [0.15, 0.2) is 18.2 Å². The maximum Gasteiger partial charge on any atom is 0.341 e. The average molecular weight is 416 g/mol. The number of nitrogens with one attached hydrogen (secondary N) is 1. The van der Waals surface area contributed by atoms with Crippen molar-refractivity contribution in [3.05, 3.63) is 39.8 Å². The number of anilines is 1. The van der Waals surface area contributed by atoms with E-state index >= 15 is 0 Å². The normalized spacial score (nSPS) is 10.2. The highest BCUT2D eigenvalue weighted by molar-refractivity contribution is 7.17. The highest BCUT2D eigenvalue weighted by atomic mass is 32.1. The summed E-state index contributed by atoms with van der Waals surface area (Å²) < 4.78 is 16.2. The minimum atomic E-state index is -0.456. The zero-order valence-corrected chi connectivity index (χ0v) is 17.8. The molecule has 1 aromatic carbocycles. The second kappa shape index (κ2) is 10.5. The molecule has 2 rings (SSSR count). The van der Waals surface area contributed by atoms with Gasteiger partial charge in [0.2, 0.25) is 0 Å². The van der Waals surface area contributed by atoms with Crippen molar-refractivity contribution in [2.75, 3.05) is 25.1 Å². The van der Waals surface area contributed by atoms with Gasteiger partial charge in [-0.05, 0) is 44.9 Å². The van der Waals surface area contributed by atoms with Crippen LogP contribution in [0.4, 0.5) is 5.00 Å². The highest BCUT2D eigenvalue weighted by Gasteiger charge is 2.23. The van der Waals surface area contributed by atoms with Gasteiger partial charge in [0.05, 0.1) is 30.4 Å². The van der Waals surface area contributed by atoms with Crippen molar-refractivity contribution >= 4 is 28.2 Å². The lowest BCUT2D eigenvalue weighted by atomic mass is 10.1. The van der Waals surface area contributed by atoms with Gasteiger partial charge in [0, 0.05) is 10.9 Å². The van der Waals surface area contributed by atoms with Gasteiger partial charge < -0.3 is 19.5 Å². The third-order valence-electron chi connectivity index (χ3n) is 4.03. The largest absolute Gasteiger partial charge is 0.490 e. The zero-order chi connectivity index (χ0) is 21.4. The molecule has 1 N–H and O–H groups in total. The second-order valence-corrected chi connectivity index (χ2v) is 7.08. The molecule has 0 aliphatic carbocycles. The minimum Gasteiger partial charge on any atom is -0.490 e. The number of carbonyl (C=O) groups is 2. The number of esters is 1. The summed E-state index contributed by atoms with van der Waals surface area (Å²) >= 11 is 1.36. The number of nitrogens with zero attached hydrogens (tertiary/aromatic N) is 1. The zero-order valence-electron chi connectivity index (χ0n) is 17.0. The van der Waals surface area contributed by atoms with E-state index in [2.05, 4.69) is 5.32 Å². The van der Waals surface area contributed by atoms with Crippen molar-refractivity contribution in [1.29, 1.82) is 5.26 Å². The molecule has 29 heavy (non-hydrogen) atoms. The Balaban J connectivity index is 2.14. The Bertz CT molecular complexity index is 930. The Morgan fingerprint density at radius 2 is 1.90 bits per heavy atom. The molecule has 2 aromatic rings. The monoisotopic (exact) mass is 416 g/mol. The molecule has 0 unspecified atom stereocenters. The fourth-order valence-electron chi connectivity index (χ4n) is 2.71. The molecular weight excluding hydrogens is 392 g/mol. The van der Waals surface area contributed by atoms with Gasteiger partial charge in [-0.1, -0.05) is 6.92 Å². The van der Waals surface area contributed by atoms with Crippen LogP contribution in [0.1, 0.15) is 47.1 Å². The lowest BCUT2D eigenvalue weighted by Gasteiger charge is -2.12. The van der Waals surface area contributed by atoms with Crippen LogP contribution in [0.25, 0.3) is 0 Å². The van der Waals surface area contributed by atoms with Gasteiger partial charge in [-0.25, -0.2) is 4.79 Å². The first kappa shape index (κ1) is 22.2. The molecule has 8 heteroatoms. The van der Waals surface area contributed by atoms with E-state index in [-0.39, 0.29) is 13.2 Å². The summed E-state index contributed by atoms with van der Waals surface area (Å²) in [6.45, 7) is 7.77. The predicted molar refractivity (Wildman–Crippen MR) is 111 cm³/mol. The van der Waals surface area contributed by atoms with Gasteiger partial charge in [0.1, 0.15) is 5.00 Å². The molecule has 0 saturated carbocycles. The minimum absolute atomic E-state index is 0.255. The summed E-state index contributed by atoms with van der Waals surface area (Å²) in [5.74, 6) is -0.107. The summed E-state index contributed by atoms with van der Waals surface area (Å²) in [4.78, 5) is 25.8. The maximum absolute atomic E-state index is 12.4. The fraction of sp³-hybridized carbons (Fsp3) is 0.381. The molecule has 1 heterocycles. The molecule has 0 aliphatic rings. The fourth-order valence-corrected chi connectivity index (χ4v) is 3.86.